The highest BCUT2D eigenvalue weighted by atomic mass is 16.5. The number of pyridine rings is 1. The van der Waals surface area contributed by atoms with Crippen LogP contribution in [0, 0.1) is 0 Å². The first-order chi connectivity index (χ1) is 9.78. The minimum atomic E-state index is 0.480. The topological polar surface area (TPSA) is 72.5 Å². The molecular weight excluding hydrogens is 252 g/mol. The van der Waals surface area contributed by atoms with E-state index in [0.717, 1.165) is 5.56 Å². The summed E-state index contributed by atoms with van der Waals surface area (Å²) in [7, 11) is 1.61. The standard InChI is InChI=1S/C15H24N4O/c1-20-14-10-12(8-9-17-14)11-18-15(16)19-13-6-4-2-3-5-7-13/h8-10,13H,2-7,11H2,1H3,(H3,16,18,19). The molecule has 0 aromatic carbocycles. The maximum Gasteiger partial charge on any atom is 0.213 e. The van der Waals surface area contributed by atoms with Crippen molar-refractivity contribution in [2.75, 3.05) is 7.11 Å². The molecule has 0 saturated heterocycles. The third-order valence-corrected chi connectivity index (χ3v) is 3.65. The maximum atomic E-state index is 5.97. The van der Waals surface area contributed by atoms with Crippen LogP contribution in [0.3, 0.4) is 0 Å². The van der Waals surface area contributed by atoms with E-state index >= 15 is 0 Å². The molecule has 5 heteroatoms. The molecule has 3 N–H and O–H groups in total. The van der Waals surface area contributed by atoms with E-state index in [1.807, 2.05) is 12.1 Å². The molecule has 0 radical (unpaired) electrons. The predicted molar refractivity (Wildman–Crippen MR) is 80.7 cm³/mol. The van der Waals surface area contributed by atoms with Crippen LogP contribution >= 0.6 is 0 Å². The lowest BCUT2D eigenvalue weighted by Gasteiger charge is -2.16. The monoisotopic (exact) mass is 276 g/mol. The molecule has 20 heavy (non-hydrogen) atoms. The van der Waals surface area contributed by atoms with Crippen molar-refractivity contribution in [2.45, 2.75) is 51.1 Å². The zero-order chi connectivity index (χ0) is 14.2. The Kier molecular flexibility index (Phi) is 5.65. The SMILES string of the molecule is COc1cc(CN=C(N)NC2CCCCCC2)ccn1. The lowest BCUT2D eigenvalue weighted by atomic mass is 10.1. The molecule has 0 unspecified atom stereocenters. The molecule has 0 amide bonds. The molecule has 110 valence electrons. The summed E-state index contributed by atoms with van der Waals surface area (Å²) in [5.74, 6) is 1.14. The molecule has 1 saturated carbocycles. The fraction of sp³-hybridized carbons (Fsp3) is 0.600. The van der Waals surface area contributed by atoms with Gasteiger partial charge in [0.2, 0.25) is 5.88 Å². The second-order valence-corrected chi connectivity index (χ2v) is 5.24. The van der Waals surface area contributed by atoms with Crippen molar-refractivity contribution < 1.29 is 4.74 Å². The minimum absolute atomic E-state index is 0.480. The molecule has 2 rings (SSSR count). The molecule has 5 nitrogen and oxygen atoms in total. The summed E-state index contributed by atoms with van der Waals surface area (Å²) in [4.78, 5) is 8.47. The zero-order valence-electron chi connectivity index (χ0n) is 12.1. The van der Waals surface area contributed by atoms with E-state index < -0.39 is 0 Å². The Labute approximate surface area is 120 Å². The summed E-state index contributed by atoms with van der Waals surface area (Å²) in [6, 6.07) is 4.28. The van der Waals surface area contributed by atoms with Gasteiger partial charge < -0.3 is 15.8 Å². The number of rotatable bonds is 4. The van der Waals surface area contributed by atoms with Crippen LogP contribution in [0.2, 0.25) is 0 Å². The van der Waals surface area contributed by atoms with Gasteiger partial charge in [-0.2, -0.15) is 0 Å². The Balaban J connectivity index is 1.86. The molecular formula is C15H24N4O. The van der Waals surface area contributed by atoms with Gasteiger partial charge in [0.25, 0.3) is 0 Å². The Morgan fingerprint density at radius 2 is 2.15 bits per heavy atom. The summed E-state index contributed by atoms with van der Waals surface area (Å²) in [6.45, 7) is 0.546. The van der Waals surface area contributed by atoms with Gasteiger partial charge in [0, 0.05) is 18.3 Å². The van der Waals surface area contributed by atoms with Crippen LogP contribution < -0.4 is 15.8 Å². The summed E-state index contributed by atoms with van der Waals surface area (Å²) < 4.78 is 5.09. The van der Waals surface area contributed by atoms with Crippen LogP contribution in [-0.4, -0.2) is 24.1 Å². The zero-order valence-corrected chi connectivity index (χ0v) is 12.1. The molecule has 1 aromatic rings. The van der Waals surface area contributed by atoms with Crippen LogP contribution in [0.15, 0.2) is 23.3 Å². The van der Waals surface area contributed by atoms with Gasteiger partial charge in [0.05, 0.1) is 13.7 Å². The number of nitrogens with one attached hydrogen (secondary N) is 1. The highest BCUT2D eigenvalue weighted by Crippen LogP contribution is 2.17. The quantitative estimate of drug-likeness (QED) is 0.502. The third-order valence-electron chi connectivity index (χ3n) is 3.65. The molecule has 1 aliphatic rings. The highest BCUT2D eigenvalue weighted by molar-refractivity contribution is 5.78. The van der Waals surface area contributed by atoms with Crippen molar-refractivity contribution in [3.63, 3.8) is 0 Å². The first kappa shape index (κ1) is 14.6. The first-order valence-corrected chi connectivity index (χ1v) is 7.33. The van der Waals surface area contributed by atoms with Gasteiger partial charge in [-0.25, -0.2) is 9.98 Å². The average molecular weight is 276 g/mol. The van der Waals surface area contributed by atoms with Crippen LogP contribution in [-0.2, 0) is 6.54 Å². The van der Waals surface area contributed by atoms with Crippen molar-refractivity contribution in [3.05, 3.63) is 23.9 Å². The molecule has 1 aliphatic carbocycles. The Morgan fingerprint density at radius 3 is 2.85 bits per heavy atom. The van der Waals surface area contributed by atoms with Crippen molar-refractivity contribution >= 4 is 5.96 Å². The molecule has 1 aromatic heterocycles. The number of aliphatic imine (C=N–C) groups is 1. The highest BCUT2D eigenvalue weighted by Gasteiger charge is 2.12. The largest absolute Gasteiger partial charge is 0.481 e. The van der Waals surface area contributed by atoms with Gasteiger partial charge in [-0.3, -0.25) is 0 Å². The number of guanidine groups is 1. The van der Waals surface area contributed by atoms with Gasteiger partial charge in [-0.15, -0.1) is 0 Å². The number of ether oxygens (including phenoxy) is 1. The average Bonchev–Trinajstić information content (AvgIpc) is 2.74. The summed E-state index contributed by atoms with van der Waals surface area (Å²) in [6.07, 6.45) is 9.36. The van der Waals surface area contributed by atoms with Crippen LogP contribution in [0.5, 0.6) is 5.88 Å². The molecule has 1 fully saturated rings. The molecule has 0 bridgehead atoms. The maximum absolute atomic E-state index is 5.97. The van der Waals surface area contributed by atoms with Crippen molar-refractivity contribution in [3.8, 4) is 5.88 Å². The van der Waals surface area contributed by atoms with E-state index in [9.17, 15) is 0 Å². The van der Waals surface area contributed by atoms with Gasteiger partial charge in [0.1, 0.15) is 0 Å². The predicted octanol–water partition coefficient (Wildman–Crippen LogP) is 2.22. The molecule has 0 aliphatic heterocycles. The van der Waals surface area contributed by atoms with Gasteiger partial charge in [0.15, 0.2) is 5.96 Å². The van der Waals surface area contributed by atoms with Crippen molar-refractivity contribution in [1.82, 2.24) is 10.3 Å². The van der Waals surface area contributed by atoms with Gasteiger partial charge in [-0.05, 0) is 24.5 Å². The van der Waals surface area contributed by atoms with Crippen LogP contribution in [0.1, 0.15) is 44.1 Å². The van der Waals surface area contributed by atoms with Crippen LogP contribution in [0.4, 0.5) is 0 Å². The number of hydrogen-bond donors (Lipinski definition) is 2. The van der Waals surface area contributed by atoms with E-state index in [1.54, 1.807) is 13.3 Å². The van der Waals surface area contributed by atoms with E-state index in [4.69, 9.17) is 10.5 Å². The van der Waals surface area contributed by atoms with Gasteiger partial charge >= 0.3 is 0 Å². The number of aromatic nitrogens is 1. The van der Waals surface area contributed by atoms with E-state index in [-0.39, 0.29) is 0 Å². The second kappa shape index (κ2) is 7.72. The first-order valence-electron chi connectivity index (χ1n) is 7.33. The lowest BCUT2D eigenvalue weighted by Crippen LogP contribution is -2.39. The Morgan fingerprint density at radius 1 is 1.40 bits per heavy atom. The smallest absolute Gasteiger partial charge is 0.213 e. The van der Waals surface area contributed by atoms with E-state index in [0.29, 0.717) is 24.4 Å². The number of hydrogen-bond acceptors (Lipinski definition) is 3. The third kappa shape index (κ3) is 4.72. The molecule has 1 heterocycles. The van der Waals surface area contributed by atoms with Gasteiger partial charge in [-0.1, -0.05) is 25.7 Å². The normalized spacial score (nSPS) is 17.6. The number of methoxy groups -OCH3 is 1. The number of nitrogens with zero attached hydrogens (tertiary/aromatic N) is 2. The van der Waals surface area contributed by atoms with Crippen molar-refractivity contribution in [1.29, 1.82) is 0 Å². The Bertz CT molecular complexity index is 439. The fourth-order valence-electron chi connectivity index (χ4n) is 2.52. The lowest BCUT2D eigenvalue weighted by molar-refractivity contribution is 0.397. The van der Waals surface area contributed by atoms with E-state index in [1.165, 1.54) is 38.5 Å². The second-order valence-electron chi connectivity index (χ2n) is 5.24. The summed E-state index contributed by atoms with van der Waals surface area (Å²) in [5, 5.41) is 3.34. The minimum Gasteiger partial charge on any atom is -0.481 e. The summed E-state index contributed by atoms with van der Waals surface area (Å²) in [5.41, 5.74) is 7.01. The summed E-state index contributed by atoms with van der Waals surface area (Å²) >= 11 is 0. The fourth-order valence-corrected chi connectivity index (χ4v) is 2.52. The number of nitrogens with two attached hydrogens (primary N) is 1. The Hall–Kier alpha value is -1.78. The van der Waals surface area contributed by atoms with Crippen LogP contribution in [0.25, 0.3) is 0 Å². The molecule has 0 atom stereocenters. The molecule has 0 spiro atoms. The van der Waals surface area contributed by atoms with E-state index in [2.05, 4.69) is 15.3 Å². The van der Waals surface area contributed by atoms with Crippen molar-refractivity contribution in [2.24, 2.45) is 10.7 Å².